The van der Waals surface area contributed by atoms with Crippen molar-refractivity contribution in [3.05, 3.63) is 83.4 Å². The quantitative estimate of drug-likeness (QED) is 0.471. The van der Waals surface area contributed by atoms with Crippen molar-refractivity contribution in [1.82, 2.24) is 20.6 Å². The van der Waals surface area contributed by atoms with Crippen LogP contribution in [0, 0.1) is 6.92 Å². The van der Waals surface area contributed by atoms with E-state index in [4.69, 9.17) is 4.74 Å². The molecule has 34 heavy (non-hydrogen) atoms. The molecule has 0 aliphatic heterocycles. The molecule has 3 N–H and O–H groups in total. The van der Waals surface area contributed by atoms with Crippen LogP contribution in [0.3, 0.4) is 0 Å². The molecule has 0 fully saturated rings. The van der Waals surface area contributed by atoms with Gasteiger partial charge in [-0.1, -0.05) is 48.5 Å². The monoisotopic (exact) mass is 460 g/mol. The highest BCUT2D eigenvalue weighted by molar-refractivity contribution is 5.89. The third-order valence-corrected chi connectivity index (χ3v) is 5.61. The van der Waals surface area contributed by atoms with Gasteiger partial charge in [0.05, 0.1) is 30.6 Å². The number of nitrogens with zero attached hydrogens (tertiary/aromatic N) is 2. The molecule has 0 saturated heterocycles. The zero-order valence-electron chi connectivity index (χ0n) is 18.5. The molecule has 1 atom stereocenters. The van der Waals surface area contributed by atoms with Crippen LogP contribution in [0.1, 0.15) is 34.9 Å². The topological polar surface area (TPSA) is 131 Å². The zero-order valence-corrected chi connectivity index (χ0v) is 18.5. The SMILES string of the molecule is Cc1cnc(CNC(=O)C(CC(=O)O)NC(=O)OCC2c3ccccc3-c3ccccc32)cn1. The van der Waals surface area contributed by atoms with E-state index in [-0.39, 0.29) is 19.1 Å². The number of carboxylic acid groups (broad SMARTS) is 1. The Kier molecular flexibility index (Phi) is 6.82. The van der Waals surface area contributed by atoms with Crippen LogP contribution >= 0.6 is 0 Å². The molecule has 1 aromatic heterocycles. The Labute approximate surface area is 196 Å². The average Bonchev–Trinajstić information content (AvgIpc) is 3.15. The van der Waals surface area contributed by atoms with E-state index in [0.29, 0.717) is 5.69 Å². The summed E-state index contributed by atoms with van der Waals surface area (Å²) in [6, 6.07) is 14.5. The molecule has 4 rings (SSSR count). The Morgan fingerprint density at radius 1 is 1.00 bits per heavy atom. The second-order valence-corrected chi connectivity index (χ2v) is 7.99. The number of carbonyl (C=O) groups excluding carboxylic acids is 2. The van der Waals surface area contributed by atoms with Crippen molar-refractivity contribution in [2.45, 2.75) is 31.8 Å². The lowest BCUT2D eigenvalue weighted by Crippen LogP contribution is -2.48. The Morgan fingerprint density at radius 2 is 1.65 bits per heavy atom. The fourth-order valence-corrected chi connectivity index (χ4v) is 3.98. The van der Waals surface area contributed by atoms with E-state index >= 15 is 0 Å². The van der Waals surface area contributed by atoms with Gasteiger partial charge >= 0.3 is 12.1 Å². The van der Waals surface area contributed by atoms with Crippen molar-refractivity contribution in [1.29, 1.82) is 0 Å². The molecule has 0 spiro atoms. The van der Waals surface area contributed by atoms with Gasteiger partial charge in [-0.2, -0.15) is 0 Å². The molecular weight excluding hydrogens is 436 g/mol. The Hall–Kier alpha value is -4.27. The first-order valence-electron chi connectivity index (χ1n) is 10.8. The summed E-state index contributed by atoms with van der Waals surface area (Å²) < 4.78 is 5.43. The van der Waals surface area contributed by atoms with Gasteiger partial charge in [0.2, 0.25) is 5.91 Å². The largest absolute Gasteiger partial charge is 0.481 e. The number of fused-ring (bicyclic) bond motifs is 3. The van der Waals surface area contributed by atoms with Crippen molar-refractivity contribution in [3.63, 3.8) is 0 Å². The number of hydrogen-bond donors (Lipinski definition) is 3. The van der Waals surface area contributed by atoms with E-state index in [1.807, 2.05) is 48.5 Å². The molecule has 2 aromatic carbocycles. The lowest BCUT2D eigenvalue weighted by atomic mass is 9.98. The van der Waals surface area contributed by atoms with Crippen LogP contribution in [0.25, 0.3) is 11.1 Å². The van der Waals surface area contributed by atoms with Crippen molar-refractivity contribution in [2.24, 2.45) is 0 Å². The van der Waals surface area contributed by atoms with Gasteiger partial charge in [-0.15, -0.1) is 0 Å². The fourth-order valence-electron chi connectivity index (χ4n) is 3.98. The summed E-state index contributed by atoms with van der Waals surface area (Å²) in [7, 11) is 0. The maximum Gasteiger partial charge on any atom is 0.407 e. The third-order valence-electron chi connectivity index (χ3n) is 5.61. The number of ether oxygens (including phenoxy) is 1. The van der Waals surface area contributed by atoms with Gasteiger partial charge in [0.25, 0.3) is 0 Å². The minimum atomic E-state index is -1.30. The van der Waals surface area contributed by atoms with E-state index in [2.05, 4.69) is 20.6 Å². The molecule has 1 aliphatic carbocycles. The number of aromatic nitrogens is 2. The molecule has 0 saturated carbocycles. The summed E-state index contributed by atoms with van der Waals surface area (Å²) in [5.41, 5.74) is 5.53. The maximum absolute atomic E-state index is 12.5. The molecular formula is C25H24N4O5. The standard InChI is InChI=1S/C25H24N4O5/c1-15-11-27-16(12-26-15)13-28-24(32)22(10-23(30)31)29-25(33)34-14-21-19-8-4-2-6-17(19)18-7-3-5-9-20(18)21/h2-9,11-12,21-22H,10,13-14H2,1H3,(H,28,32)(H,29,33)(H,30,31). The van der Waals surface area contributed by atoms with Crippen LogP contribution in [-0.4, -0.2) is 45.7 Å². The average molecular weight is 460 g/mol. The lowest BCUT2D eigenvalue weighted by Gasteiger charge is -2.18. The normalized spacial score (nSPS) is 12.9. The van der Waals surface area contributed by atoms with Gasteiger partial charge in [0.1, 0.15) is 12.6 Å². The van der Waals surface area contributed by atoms with Crippen molar-refractivity contribution < 1.29 is 24.2 Å². The van der Waals surface area contributed by atoms with E-state index in [9.17, 15) is 19.5 Å². The molecule has 174 valence electrons. The minimum Gasteiger partial charge on any atom is -0.481 e. The molecule has 3 aromatic rings. The minimum absolute atomic E-state index is 0.0502. The number of alkyl carbamates (subject to hydrolysis) is 1. The Balaban J connectivity index is 1.38. The number of carbonyl (C=O) groups is 3. The number of benzene rings is 2. The second kappa shape index (κ2) is 10.1. The predicted octanol–water partition coefficient (Wildman–Crippen LogP) is 2.78. The van der Waals surface area contributed by atoms with Crippen LogP contribution in [0.4, 0.5) is 4.79 Å². The van der Waals surface area contributed by atoms with Gasteiger partial charge in [-0.05, 0) is 29.2 Å². The summed E-state index contributed by atoms with van der Waals surface area (Å²) in [5, 5.41) is 14.1. The molecule has 9 heteroatoms. The number of hydrogen-bond acceptors (Lipinski definition) is 6. The first-order chi connectivity index (χ1) is 16.4. The van der Waals surface area contributed by atoms with Crippen molar-refractivity contribution >= 4 is 18.0 Å². The fraction of sp³-hybridized carbons (Fsp3) is 0.240. The van der Waals surface area contributed by atoms with E-state index < -0.39 is 30.4 Å². The summed E-state index contributed by atoms with van der Waals surface area (Å²) in [6.07, 6.45) is 1.63. The number of amides is 2. The molecule has 1 aliphatic rings. The van der Waals surface area contributed by atoms with Crippen LogP contribution < -0.4 is 10.6 Å². The highest BCUT2D eigenvalue weighted by atomic mass is 16.5. The van der Waals surface area contributed by atoms with Crippen LogP contribution in [0.5, 0.6) is 0 Å². The number of carboxylic acids is 1. The lowest BCUT2D eigenvalue weighted by molar-refractivity contribution is -0.139. The van der Waals surface area contributed by atoms with Crippen molar-refractivity contribution in [3.8, 4) is 11.1 Å². The number of aryl methyl sites for hydroxylation is 1. The Bertz CT molecular complexity index is 1170. The summed E-state index contributed by atoms with van der Waals surface area (Å²) in [5.74, 6) is -2.03. The zero-order chi connectivity index (χ0) is 24.1. The smallest absolute Gasteiger partial charge is 0.407 e. The second-order valence-electron chi connectivity index (χ2n) is 7.99. The van der Waals surface area contributed by atoms with Crippen molar-refractivity contribution in [2.75, 3.05) is 6.61 Å². The molecule has 2 amide bonds. The van der Waals surface area contributed by atoms with Crippen LogP contribution in [0.2, 0.25) is 0 Å². The molecule has 0 bridgehead atoms. The van der Waals surface area contributed by atoms with Crippen LogP contribution in [-0.2, 0) is 20.9 Å². The van der Waals surface area contributed by atoms with Gasteiger partial charge in [-0.3, -0.25) is 19.6 Å². The van der Waals surface area contributed by atoms with Gasteiger partial charge in [0.15, 0.2) is 0 Å². The highest BCUT2D eigenvalue weighted by Gasteiger charge is 2.30. The molecule has 1 unspecified atom stereocenters. The number of aliphatic carboxylic acids is 1. The summed E-state index contributed by atoms with van der Waals surface area (Å²) in [4.78, 5) is 44.5. The third kappa shape index (κ3) is 5.20. The molecule has 1 heterocycles. The highest BCUT2D eigenvalue weighted by Crippen LogP contribution is 2.44. The van der Waals surface area contributed by atoms with Gasteiger partial charge in [0, 0.05) is 12.1 Å². The molecule has 9 nitrogen and oxygen atoms in total. The Morgan fingerprint density at radius 3 is 2.24 bits per heavy atom. The summed E-state index contributed by atoms with van der Waals surface area (Å²) in [6.45, 7) is 1.89. The molecule has 0 radical (unpaired) electrons. The van der Waals surface area contributed by atoms with E-state index in [1.165, 1.54) is 6.20 Å². The number of rotatable bonds is 8. The summed E-state index contributed by atoms with van der Waals surface area (Å²) >= 11 is 0. The first-order valence-corrected chi connectivity index (χ1v) is 10.8. The first kappa shape index (κ1) is 22.9. The number of nitrogens with one attached hydrogen (secondary N) is 2. The van der Waals surface area contributed by atoms with Gasteiger partial charge in [-0.25, -0.2) is 4.79 Å². The van der Waals surface area contributed by atoms with Crippen LogP contribution in [0.15, 0.2) is 60.9 Å². The van der Waals surface area contributed by atoms with Gasteiger partial charge < -0.3 is 20.5 Å². The van der Waals surface area contributed by atoms with E-state index in [1.54, 1.807) is 13.1 Å². The maximum atomic E-state index is 12.5. The predicted molar refractivity (Wildman–Crippen MR) is 123 cm³/mol. The van der Waals surface area contributed by atoms with E-state index in [0.717, 1.165) is 27.9 Å².